The van der Waals surface area contributed by atoms with Crippen LogP contribution >= 0.6 is 15.9 Å². The predicted octanol–water partition coefficient (Wildman–Crippen LogP) is 4.54. The van der Waals surface area contributed by atoms with Crippen LogP contribution in [0.5, 0.6) is 0 Å². The van der Waals surface area contributed by atoms with Crippen LogP contribution in [-0.2, 0) is 4.45 Å². The number of allylic oxidation sites excluding steroid dienone is 2. The van der Waals surface area contributed by atoms with E-state index in [2.05, 4.69) is 74.8 Å². The Kier molecular flexibility index (Phi) is 2.51. The summed E-state index contributed by atoms with van der Waals surface area (Å²) in [5.41, 5.74) is 3.53. The van der Waals surface area contributed by atoms with E-state index in [0.717, 1.165) is 0 Å². The molecule has 0 fully saturated rings. The van der Waals surface area contributed by atoms with Crippen LogP contribution in [0.15, 0.2) is 66.9 Å². The summed E-state index contributed by atoms with van der Waals surface area (Å²) in [5.74, 6) is 0. The number of aromatic amines is 1. The van der Waals surface area contributed by atoms with Gasteiger partial charge < -0.3 is 10.3 Å². The summed E-state index contributed by atoms with van der Waals surface area (Å²) in [6, 6.07) is 14.9. The van der Waals surface area contributed by atoms with E-state index in [1.54, 1.807) is 0 Å². The third kappa shape index (κ3) is 1.70. The lowest BCUT2D eigenvalue weighted by Gasteiger charge is -2.27. The average molecular weight is 325 g/mol. The number of nitrogens with one attached hydrogen (secondary N) is 2. The Labute approximate surface area is 125 Å². The van der Waals surface area contributed by atoms with E-state index in [4.69, 9.17) is 0 Å². The largest absolute Gasteiger partial charge is 0.369 e. The quantitative estimate of drug-likeness (QED) is 0.499. The van der Waals surface area contributed by atoms with Gasteiger partial charge in [0.2, 0.25) is 0 Å². The first-order chi connectivity index (χ1) is 9.76. The van der Waals surface area contributed by atoms with Crippen molar-refractivity contribution in [3.05, 3.63) is 72.5 Å². The van der Waals surface area contributed by atoms with Crippen LogP contribution in [-0.4, -0.2) is 4.98 Å². The molecule has 2 heterocycles. The molecule has 0 saturated carbocycles. The lowest BCUT2D eigenvalue weighted by atomic mass is 10.0. The Morgan fingerprint density at radius 2 is 1.75 bits per heavy atom. The normalized spacial score (nSPS) is 21.4. The number of hydrogen-bond donors (Lipinski definition) is 2. The minimum atomic E-state index is -0.325. The number of para-hydroxylation sites is 1. The molecule has 1 aliphatic rings. The second-order valence-electron chi connectivity index (χ2n) is 5.01. The van der Waals surface area contributed by atoms with Crippen LogP contribution in [0, 0.1) is 0 Å². The summed E-state index contributed by atoms with van der Waals surface area (Å²) < 4.78 is -0.325. The monoisotopic (exact) mass is 324 g/mol. The van der Waals surface area contributed by atoms with Gasteiger partial charge in [0.25, 0.3) is 0 Å². The number of aromatic nitrogens is 1. The summed E-state index contributed by atoms with van der Waals surface area (Å²) >= 11 is 3.78. The van der Waals surface area contributed by atoms with Crippen molar-refractivity contribution in [3.8, 4) is 0 Å². The maximum Gasteiger partial charge on any atom is 0.137 e. The van der Waals surface area contributed by atoms with Crippen molar-refractivity contribution < 1.29 is 0 Å². The maximum atomic E-state index is 3.78. The molecule has 4 rings (SSSR count). The Morgan fingerprint density at radius 1 is 0.900 bits per heavy atom. The number of benzene rings is 2. The molecule has 1 unspecified atom stereocenters. The second-order valence-corrected chi connectivity index (χ2v) is 6.26. The SMILES string of the molecule is BrC1(c2ccc3[nH]c4ccccc4c3c2)C=CC=CN1. The molecule has 0 saturated heterocycles. The molecular formula is C17H13BrN2. The van der Waals surface area contributed by atoms with Gasteiger partial charge in [-0.25, -0.2) is 0 Å². The van der Waals surface area contributed by atoms with E-state index in [0.29, 0.717) is 0 Å². The Balaban J connectivity index is 1.96. The number of H-pyrrole nitrogens is 1. The number of dihydropyridines is 1. The minimum absolute atomic E-state index is 0.325. The Hall–Kier alpha value is -2.00. The van der Waals surface area contributed by atoms with E-state index in [9.17, 15) is 0 Å². The fourth-order valence-corrected chi connectivity index (χ4v) is 3.25. The third-order valence-electron chi connectivity index (χ3n) is 3.75. The molecule has 0 aliphatic carbocycles. The van der Waals surface area contributed by atoms with Crippen molar-refractivity contribution >= 4 is 37.7 Å². The van der Waals surface area contributed by atoms with Crippen molar-refractivity contribution in [1.29, 1.82) is 0 Å². The lowest BCUT2D eigenvalue weighted by Crippen LogP contribution is -2.31. The lowest BCUT2D eigenvalue weighted by molar-refractivity contribution is 0.697. The van der Waals surface area contributed by atoms with Crippen molar-refractivity contribution in [2.24, 2.45) is 0 Å². The predicted molar refractivity (Wildman–Crippen MR) is 87.8 cm³/mol. The van der Waals surface area contributed by atoms with Gasteiger partial charge in [0, 0.05) is 21.8 Å². The van der Waals surface area contributed by atoms with Crippen LogP contribution in [0.2, 0.25) is 0 Å². The molecule has 2 aromatic carbocycles. The molecule has 20 heavy (non-hydrogen) atoms. The topological polar surface area (TPSA) is 27.8 Å². The molecule has 3 heteroatoms. The third-order valence-corrected chi connectivity index (χ3v) is 4.70. The molecule has 2 nitrogen and oxygen atoms in total. The summed E-state index contributed by atoms with van der Waals surface area (Å²) in [6.45, 7) is 0. The molecule has 3 aromatic rings. The highest BCUT2D eigenvalue weighted by molar-refractivity contribution is 9.09. The van der Waals surface area contributed by atoms with Gasteiger partial charge in [-0.3, -0.25) is 0 Å². The van der Waals surface area contributed by atoms with Crippen molar-refractivity contribution in [2.45, 2.75) is 4.45 Å². The van der Waals surface area contributed by atoms with E-state index in [-0.39, 0.29) is 4.45 Å². The number of halogens is 1. The highest BCUT2D eigenvalue weighted by Gasteiger charge is 2.25. The number of hydrogen-bond acceptors (Lipinski definition) is 1. The van der Waals surface area contributed by atoms with Crippen LogP contribution in [0.4, 0.5) is 0 Å². The fourth-order valence-electron chi connectivity index (χ4n) is 2.72. The smallest absolute Gasteiger partial charge is 0.137 e. The first-order valence-corrected chi connectivity index (χ1v) is 7.37. The van der Waals surface area contributed by atoms with Gasteiger partial charge in [-0.15, -0.1) is 0 Å². The van der Waals surface area contributed by atoms with Gasteiger partial charge in [-0.2, -0.15) is 0 Å². The van der Waals surface area contributed by atoms with Crippen LogP contribution in [0.1, 0.15) is 5.56 Å². The Morgan fingerprint density at radius 3 is 2.60 bits per heavy atom. The zero-order chi connectivity index (χ0) is 13.6. The van der Waals surface area contributed by atoms with Gasteiger partial charge in [-0.1, -0.05) is 46.3 Å². The fraction of sp³-hybridized carbons (Fsp3) is 0.0588. The number of fused-ring (bicyclic) bond motifs is 3. The first-order valence-electron chi connectivity index (χ1n) is 6.58. The number of rotatable bonds is 1. The highest BCUT2D eigenvalue weighted by atomic mass is 79.9. The van der Waals surface area contributed by atoms with E-state index >= 15 is 0 Å². The van der Waals surface area contributed by atoms with E-state index in [1.165, 1.54) is 27.4 Å². The van der Waals surface area contributed by atoms with Crippen molar-refractivity contribution in [1.82, 2.24) is 10.3 Å². The van der Waals surface area contributed by atoms with Crippen LogP contribution < -0.4 is 5.32 Å². The molecule has 1 aromatic heterocycles. The van der Waals surface area contributed by atoms with E-state index in [1.807, 2.05) is 18.4 Å². The molecule has 98 valence electrons. The van der Waals surface area contributed by atoms with Gasteiger partial charge in [0.05, 0.1) is 0 Å². The maximum absolute atomic E-state index is 3.78. The first kappa shape index (κ1) is 11.8. The minimum Gasteiger partial charge on any atom is -0.369 e. The summed E-state index contributed by atoms with van der Waals surface area (Å²) in [6.07, 6.45) is 8.10. The number of alkyl halides is 1. The van der Waals surface area contributed by atoms with Crippen molar-refractivity contribution in [3.63, 3.8) is 0 Å². The van der Waals surface area contributed by atoms with Crippen LogP contribution in [0.3, 0.4) is 0 Å². The molecule has 0 amide bonds. The standard InChI is InChI=1S/C17H13BrN2/c18-17(9-3-4-10-19-17)12-7-8-16-14(11-12)13-5-1-2-6-15(13)20-16/h1-11,19-20H. The molecule has 0 radical (unpaired) electrons. The summed E-state index contributed by atoms with van der Waals surface area (Å²) in [4.78, 5) is 3.45. The molecule has 0 bridgehead atoms. The van der Waals surface area contributed by atoms with Crippen molar-refractivity contribution in [2.75, 3.05) is 0 Å². The zero-order valence-corrected chi connectivity index (χ0v) is 12.3. The Bertz CT molecular complexity index is 860. The molecule has 2 N–H and O–H groups in total. The van der Waals surface area contributed by atoms with E-state index < -0.39 is 0 Å². The van der Waals surface area contributed by atoms with Gasteiger partial charge in [0.1, 0.15) is 4.45 Å². The summed E-state index contributed by atoms with van der Waals surface area (Å²) in [7, 11) is 0. The van der Waals surface area contributed by atoms with Gasteiger partial charge >= 0.3 is 0 Å². The van der Waals surface area contributed by atoms with Gasteiger partial charge in [-0.05, 0) is 42.1 Å². The average Bonchev–Trinajstić information content (AvgIpc) is 2.86. The molecular weight excluding hydrogens is 312 g/mol. The van der Waals surface area contributed by atoms with Gasteiger partial charge in [0.15, 0.2) is 0 Å². The zero-order valence-electron chi connectivity index (χ0n) is 10.7. The molecule has 0 spiro atoms. The highest BCUT2D eigenvalue weighted by Crippen LogP contribution is 2.35. The summed E-state index contributed by atoms with van der Waals surface area (Å²) in [5, 5.41) is 5.87. The molecule has 1 aliphatic heterocycles. The van der Waals surface area contributed by atoms with Crippen LogP contribution in [0.25, 0.3) is 21.8 Å². The molecule has 1 atom stereocenters. The second kappa shape index (κ2) is 4.25.